The molecule has 0 aromatic heterocycles. The average Bonchev–Trinajstić information content (AvgIpc) is 3.43. The molecule has 2 aromatic carbocycles. The summed E-state index contributed by atoms with van der Waals surface area (Å²) in [5.41, 5.74) is 1.71. The predicted octanol–water partition coefficient (Wildman–Crippen LogP) is 4.26. The van der Waals surface area contributed by atoms with Crippen molar-refractivity contribution in [2.45, 2.75) is 25.5 Å². The first-order valence-electron chi connectivity index (χ1n) is 12.1. The Hall–Kier alpha value is -3.65. The van der Waals surface area contributed by atoms with E-state index in [-0.39, 0.29) is 12.0 Å². The van der Waals surface area contributed by atoms with Crippen molar-refractivity contribution >= 4 is 12.0 Å². The number of carbonyl (C=O) groups excluding carboxylic acids is 1. The molecular formula is C28H33NO7. The van der Waals surface area contributed by atoms with Crippen LogP contribution in [0.15, 0.2) is 49.1 Å². The van der Waals surface area contributed by atoms with E-state index in [1.165, 1.54) is 0 Å². The highest BCUT2D eigenvalue weighted by Gasteiger charge is 2.23. The van der Waals surface area contributed by atoms with E-state index in [4.69, 9.17) is 28.4 Å². The van der Waals surface area contributed by atoms with Crippen molar-refractivity contribution in [3.8, 4) is 28.7 Å². The van der Waals surface area contributed by atoms with Gasteiger partial charge in [-0.25, -0.2) is 0 Å². The second kappa shape index (κ2) is 12.4. The summed E-state index contributed by atoms with van der Waals surface area (Å²) in [5.74, 6) is 2.88. The number of hydrogen-bond acceptors (Lipinski definition) is 7. The molecule has 0 aliphatic carbocycles. The molecule has 1 saturated heterocycles. The van der Waals surface area contributed by atoms with Gasteiger partial charge in [0.15, 0.2) is 23.0 Å². The Morgan fingerprint density at radius 2 is 1.92 bits per heavy atom. The summed E-state index contributed by atoms with van der Waals surface area (Å²) in [6.07, 6.45) is 6.97. The number of rotatable bonds is 11. The molecule has 2 heterocycles. The molecule has 1 amide bonds. The summed E-state index contributed by atoms with van der Waals surface area (Å²) in [7, 11) is 3.18. The van der Waals surface area contributed by atoms with E-state index in [2.05, 4.69) is 6.58 Å². The number of nitrogens with zero attached hydrogens (tertiary/aromatic N) is 1. The van der Waals surface area contributed by atoms with Gasteiger partial charge < -0.3 is 33.3 Å². The smallest absolute Gasteiger partial charge is 0.246 e. The van der Waals surface area contributed by atoms with Crippen molar-refractivity contribution in [3.05, 3.63) is 60.2 Å². The summed E-state index contributed by atoms with van der Waals surface area (Å²) < 4.78 is 33.8. The molecule has 4 rings (SSSR count). The van der Waals surface area contributed by atoms with Gasteiger partial charge >= 0.3 is 0 Å². The predicted molar refractivity (Wildman–Crippen MR) is 136 cm³/mol. The van der Waals surface area contributed by atoms with E-state index in [1.807, 2.05) is 30.3 Å². The van der Waals surface area contributed by atoms with Crippen LogP contribution in [0, 0.1) is 0 Å². The fourth-order valence-corrected chi connectivity index (χ4v) is 4.23. The van der Waals surface area contributed by atoms with E-state index in [0.29, 0.717) is 61.7 Å². The lowest BCUT2D eigenvalue weighted by Gasteiger charge is -2.25. The molecule has 8 nitrogen and oxygen atoms in total. The normalized spacial score (nSPS) is 16.6. The van der Waals surface area contributed by atoms with E-state index in [1.54, 1.807) is 37.3 Å². The van der Waals surface area contributed by atoms with Crippen LogP contribution in [0.5, 0.6) is 28.7 Å². The minimum atomic E-state index is -0.120. The molecule has 0 N–H and O–H groups in total. The molecule has 0 radical (unpaired) electrons. The lowest BCUT2D eigenvalue weighted by atomic mass is 10.1. The SMILES string of the molecule is C=CCOc1ccc(CN(CC2CCCO2)C(=O)/C=C/c2cc(OC)c3c(c2)OCCO3)cc1OC. The number of benzene rings is 2. The summed E-state index contributed by atoms with van der Waals surface area (Å²) in [5, 5.41) is 0. The lowest BCUT2D eigenvalue weighted by Crippen LogP contribution is -2.35. The second-order valence-corrected chi connectivity index (χ2v) is 8.52. The van der Waals surface area contributed by atoms with Crippen LogP contribution in [0.25, 0.3) is 6.08 Å². The first-order chi connectivity index (χ1) is 17.6. The molecule has 1 unspecified atom stereocenters. The Bertz CT molecular complexity index is 1070. The van der Waals surface area contributed by atoms with Crippen LogP contribution in [0.2, 0.25) is 0 Å². The number of carbonyl (C=O) groups is 1. The van der Waals surface area contributed by atoms with Gasteiger partial charge in [-0.1, -0.05) is 18.7 Å². The molecular weight excluding hydrogens is 462 g/mol. The second-order valence-electron chi connectivity index (χ2n) is 8.52. The molecule has 1 atom stereocenters. The lowest BCUT2D eigenvalue weighted by molar-refractivity contribution is -0.128. The van der Waals surface area contributed by atoms with Crippen molar-refractivity contribution in [1.29, 1.82) is 0 Å². The quantitative estimate of drug-likeness (QED) is 0.341. The van der Waals surface area contributed by atoms with Gasteiger partial charge in [-0.3, -0.25) is 4.79 Å². The van der Waals surface area contributed by atoms with Crippen molar-refractivity contribution in [2.24, 2.45) is 0 Å². The average molecular weight is 496 g/mol. The fraction of sp³-hybridized carbons (Fsp3) is 0.393. The van der Waals surface area contributed by atoms with Crippen molar-refractivity contribution < 1.29 is 33.2 Å². The third-order valence-electron chi connectivity index (χ3n) is 5.99. The zero-order valence-corrected chi connectivity index (χ0v) is 20.9. The zero-order chi connectivity index (χ0) is 25.3. The fourth-order valence-electron chi connectivity index (χ4n) is 4.23. The van der Waals surface area contributed by atoms with E-state index in [0.717, 1.165) is 30.6 Å². The molecule has 192 valence electrons. The molecule has 0 spiro atoms. The first kappa shape index (κ1) is 25.4. The Balaban J connectivity index is 1.53. The topological polar surface area (TPSA) is 75.7 Å². The molecule has 0 bridgehead atoms. The van der Waals surface area contributed by atoms with Crippen LogP contribution in [0.3, 0.4) is 0 Å². The number of amides is 1. The van der Waals surface area contributed by atoms with Crippen LogP contribution in [-0.2, 0) is 16.1 Å². The van der Waals surface area contributed by atoms with Crippen molar-refractivity contribution in [3.63, 3.8) is 0 Å². The zero-order valence-electron chi connectivity index (χ0n) is 20.9. The van der Waals surface area contributed by atoms with Crippen LogP contribution in [-0.4, -0.2) is 64.1 Å². The highest BCUT2D eigenvalue weighted by molar-refractivity contribution is 5.92. The number of fused-ring (bicyclic) bond motifs is 1. The van der Waals surface area contributed by atoms with Gasteiger partial charge in [0.25, 0.3) is 0 Å². The Morgan fingerprint density at radius 1 is 1.08 bits per heavy atom. The Labute approximate surface area is 212 Å². The summed E-state index contributed by atoms with van der Waals surface area (Å²) in [6.45, 7) is 6.64. The van der Waals surface area contributed by atoms with Gasteiger partial charge in [-0.15, -0.1) is 0 Å². The van der Waals surface area contributed by atoms with Crippen molar-refractivity contribution in [1.82, 2.24) is 4.90 Å². The third kappa shape index (κ3) is 6.31. The number of hydrogen-bond donors (Lipinski definition) is 0. The van der Waals surface area contributed by atoms with Crippen LogP contribution >= 0.6 is 0 Å². The summed E-state index contributed by atoms with van der Waals surface area (Å²) >= 11 is 0. The number of methoxy groups -OCH3 is 2. The van der Waals surface area contributed by atoms with Crippen LogP contribution in [0.4, 0.5) is 0 Å². The van der Waals surface area contributed by atoms with Crippen LogP contribution in [0.1, 0.15) is 24.0 Å². The summed E-state index contributed by atoms with van der Waals surface area (Å²) in [4.78, 5) is 15.1. The van der Waals surface area contributed by atoms with Crippen molar-refractivity contribution in [2.75, 3.05) is 47.2 Å². The monoisotopic (exact) mass is 495 g/mol. The largest absolute Gasteiger partial charge is 0.493 e. The Morgan fingerprint density at radius 3 is 2.67 bits per heavy atom. The summed E-state index contributed by atoms with van der Waals surface area (Å²) in [6, 6.07) is 9.35. The molecule has 1 fully saturated rings. The van der Waals surface area contributed by atoms with E-state index < -0.39 is 0 Å². The molecule has 0 saturated carbocycles. The standard InChI is InChI=1S/C28H33NO7/c1-4-11-34-23-9-7-21(17-24(23)31-2)18-29(19-22-6-5-12-33-22)27(30)10-8-20-15-25(32-3)28-26(16-20)35-13-14-36-28/h4,7-10,15-17,22H,1,5-6,11-14,18-19H2,2-3H3/b10-8+. The maximum absolute atomic E-state index is 13.3. The van der Waals surface area contributed by atoms with Gasteiger partial charge in [-0.2, -0.15) is 0 Å². The van der Waals surface area contributed by atoms with E-state index >= 15 is 0 Å². The van der Waals surface area contributed by atoms with Gasteiger partial charge in [-0.05, 0) is 54.3 Å². The highest BCUT2D eigenvalue weighted by atomic mass is 16.6. The first-order valence-corrected chi connectivity index (χ1v) is 12.1. The van der Waals surface area contributed by atoms with Gasteiger partial charge in [0.2, 0.25) is 11.7 Å². The van der Waals surface area contributed by atoms with Gasteiger partial charge in [0.05, 0.1) is 20.3 Å². The van der Waals surface area contributed by atoms with Gasteiger partial charge in [0, 0.05) is 25.8 Å². The number of ether oxygens (including phenoxy) is 6. The maximum atomic E-state index is 13.3. The molecule has 2 aliphatic heterocycles. The van der Waals surface area contributed by atoms with Gasteiger partial charge in [0.1, 0.15) is 19.8 Å². The minimum Gasteiger partial charge on any atom is -0.493 e. The maximum Gasteiger partial charge on any atom is 0.246 e. The minimum absolute atomic E-state index is 0.0221. The third-order valence-corrected chi connectivity index (χ3v) is 5.99. The van der Waals surface area contributed by atoms with E-state index in [9.17, 15) is 4.79 Å². The molecule has 8 heteroatoms. The molecule has 2 aliphatic rings. The highest BCUT2D eigenvalue weighted by Crippen LogP contribution is 2.40. The Kier molecular flexibility index (Phi) is 8.73. The molecule has 36 heavy (non-hydrogen) atoms. The van der Waals surface area contributed by atoms with Crippen LogP contribution < -0.4 is 23.7 Å². The molecule has 2 aromatic rings.